The summed E-state index contributed by atoms with van der Waals surface area (Å²) in [6.45, 7) is 0. The van der Waals surface area contributed by atoms with Gasteiger partial charge in [0.1, 0.15) is 10.7 Å². The van der Waals surface area contributed by atoms with E-state index >= 15 is 0 Å². The van der Waals surface area contributed by atoms with Crippen LogP contribution >= 0.6 is 0 Å². The Balaban J connectivity index is 1.96. The molecule has 0 saturated carbocycles. The van der Waals surface area contributed by atoms with Crippen molar-refractivity contribution in [1.29, 1.82) is 0 Å². The number of rotatable bonds is 5. The van der Waals surface area contributed by atoms with Gasteiger partial charge in [0.2, 0.25) is 10.0 Å². The van der Waals surface area contributed by atoms with Crippen molar-refractivity contribution in [2.75, 3.05) is 19.4 Å². The van der Waals surface area contributed by atoms with E-state index in [9.17, 15) is 17.6 Å². The fraction of sp³-hybridized carbons (Fsp3) is 0.0952. The van der Waals surface area contributed by atoms with Gasteiger partial charge in [-0.2, -0.15) is 0 Å². The van der Waals surface area contributed by atoms with Gasteiger partial charge in [0, 0.05) is 30.9 Å². The van der Waals surface area contributed by atoms with Crippen LogP contribution in [-0.4, -0.2) is 32.7 Å². The molecule has 144 valence electrons. The summed E-state index contributed by atoms with van der Waals surface area (Å²) in [6.07, 6.45) is 0. The first-order chi connectivity index (χ1) is 13.3. The van der Waals surface area contributed by atoms with Crippen LogP contribution in [0.3, 0.4) is 0 Å². The van der Waals surface area contributed by atoms with Gasteiger partial charge in [0.15, 0.2) is 0 Å². The van der Waals surface area contributed by atoms with E-state index in [0.717, 1.165) is 27.6 Å². The molecule has 28 heavy (non-hydrogen) atoms. The maximum Gasteiger partial charge on any atom is 0.255 e. The Morgan fingerprint density at radius 3 is 2.25 bits per heavy atom. The zero-order valence-electron chi connectivity index (χ0n) is 15.4. The first kappa shape index (κ1) is 19.7. The molecule has 0 fully saturated rings. The fourth-order valence-corrected chi connectivity index (χ4v) is 3.68. The molecule has 0 aromatic heterocycles. The molecule has 3 aromatic rings. The number of carbonyl (C=O) groups is 1. The van der Waals surface area contributed by atoms with Gasteiger partial charge in [-0.1, -0.05) is 48.5 Å². The minimum atomic E-state index is -4.01. The SMILES string of the molecule is CN(C)S(=O)(=O)c1cc(C(=O)Nc2ccccc2-c2ccccc2)ccc1F. The summed E-state index contributed by atoms with van der Waals surface area (Å²) < 4.78 is 39.5. The highest BCUT2D eigenvalue weighted by atomic mass is 32.2. The molecule has 0 radical (unpaired) electrons. The molecule has 0 spiro atoms. The van der Waals surface area contributed by atoms with E-state index in [4.69, 9.17) is 0 Å². The quantitative estimate of drug-likeness (QED) is 0.707. The standard InChI is InChI=1S/C21H19FN2O3S/c1-24(2)28(26,27)20-14-16(12-13-18(20)22)21(25)23-19-11-7-6-10-17(19)15-8-4-3-5-9-15/h3-14H,1-2H3,(H,23,25). The Kier molecular flexibility index (Phi) is 5.58. The van der Waals surface area contributed by atoms with Crippen molar-refractivity contribution in [2.24, 2.45) is 0 Å². The predicted molar refractivity (Wildman–Crippen MR) is 107 cm³/mol. The van der Waals surface area contributed by atoms with Crippen molar-refractivity contribution in [2.45, 2.75) is 4.90 Å². The maximum absolute atomic E-state index is 14.1. The third kappa shape index (κ3) is 3.95. The number of carbonyl (C=O) groups excluding carboxylic acids is 1. The van der Waals surface area contributed by atoms with E-state index in [1.54, 1.807) is 12.1 Å². The van der Waals surface area contributed by atoms with Gasteiger partial charge in [-0.15, -0.1) is 0 Å². The zero-order valence-corrected chi connectivity index (χ0v) is 16.2. The second kappa shape index (κ2) is 7.92. The van der Waals surface area contributed by atoms with Crippen LogP contribution in [-0.2, 0) is 10.0 Å². The number of hydrogen-bond acceptors (Lipinski definition) is 3. The molecule has 0 aliphatic carbocycles. The van der Waals surface area contributed by atoms with E-state index in [1.807, 2.05) is 42.5 Å². The molecule has 0 heterocycles. The lowest BCUT2D eigenvalue weighted by molar-refractivity contribution is 0.102. The largest absolute Gasteiger partial charge is 0.321 e. The van der Waals surface area contributed by atoms with Crippen LogP contribution in [0.25, 0.3) is 11.1 Å². The molecule has 1 amide bonds. The second-order valence-electron chi connectivity index (χ2n) is 6.30. The summed E-state index contributed by atoms with van der Waals surface area (Å²) >= 11 is 0. The van der Waals surface area contributed by atoms with Crippen molar-refractivity contribution in [3.63, 3.8) is 0 Å². The number of para-hydroxylation sites is 1. The first-order valence-corrected chi connectivity index (χ1v) is 9.92. The number of benzene rings is 3. The molecular weight excluding hydrogens is 379 g/mol. The van der Waals surface area contributed by atoms with Crippen LogP contribution in [0.15, 0.2) is 77.7 Å². The normalized spacial score (nSPS) is 11.4. The van der Waals surface area contributed by atoms with Crippen LogP contribution < -0.4 is 5.32 Å². The zero-order chi connectivity index (χ0) is 20.3. The van der Waals surface area contributed by atoms with E-state index in [1.165, 1.54) is 20.2 Å². The van der Waals surface area contributed by atoms with E-state index < -0.39 is 26.6 Å². The van der Waals surface area contributed by atoms with Crippen molar-refractivity contribution in [3.8, 4) is 11.1 Å². The highest BCUT2D eigenvalue weighted by molar-refractivity contribution is 7.89. The second-order valence-corrected chi connectivity index (χ2v) is 8.42. The number of hydrogen-bond donors (Lipinski definition) is 1. The minimum Gasteiger partial charge on any atom is -0.321 e. The van der Waals surface area contributed by atoms with Crippen LogP contribution in [0.4, 0.5) is 10.1 Å². The molecule has 0 saturated heterocycles. The van der Waals surface area contributed by atoms with Gasteiger partial charge in [0.05, 0.1) is 0 Å². The molecule has 1 N–H and O–H groups in total. The minimum absolute atomic E-state index is 0.0460. The van der Waals surface area contributed by atoms with Gasteiger partial charge in [-0.25, -0.2) is 17.1 Å². The van der Waals surface area contributed by atoms with Crippen molar-refractivity contribution in [3.05, 3.63) is 84.2 Å². The lowest BCUT2D eigenvalue weighted by Gasteiger charge is -2.14. The van der Waals surface area contributed by atoms with E-state index in [2.05, 4.69) is 5.32 Å². The lowest BCUT2D eigenvalue weighted by atomic mass is 10.0. The molecule has 0 bridgehead atoms. The average Bonchev–Trinajstić information content (AvgIpc) is 2.69. The summed E-state index contributed by atoms with van der Waals surface area (Å²) in [6, 6.07) is 20.1. The van der Waals surface area contributed by atoms with Crippen molar-refractivity contribution >= 4 is 21.6 Å². The Labute approximate surface area is 163 Å². The molecule has 0 aliphatic heterocycles. The first-order valence-electron chi connectivity index (χ1n) is 8.48. The molecule has 3 aromatic carbocycles. The average molecular weight is 398 g/mol. The molecule has 0 atom stereocenters. The summed E-state index contributed by atoms with van der Waals surface area (Å²) in [4.78, 5) is 12.2. The number of halogens is 1. The Hall–Kier alpha value is -3.03. The number of nitrogens with one attached hydrogen (secondary N) is 1. The summed E-state index contributed by atoms with van der Waals surface area (Å²) in [5.41, 5.74) is 2.36. The molecule has 0 unspecified atom stereocenters. The fourth-order valence-electron chi connectivity index (χ4n) is 2.70. The molecule has 0 aliphatic rings. The highest BCUT2D eigenvalue weighted by Crippen LogP contribution is 2.28. The van der Waals surface area contributed by atoms with Gasteiger partial charge in [-0.05, 0) is 29.8 Å². The topological polar surface area (TPSA) is 66.5 Å². The number of anilines is 1. The van der Waals surface area contributed by atoms with E-state index in [0.29, 0.717) is 5.69 Å². The monoisotopic (exact) mass is 398 g/mol. The number of amides is 1. The summed E-state index contributed by atoms with van der Waals surface area (Å²) in [5.74, 6) is -1.44. The Morgan fingerprint density at radius 1 is 0.929 bits per heavy atom. The number of sulfonamides is 1. The smallest absolute Gasteiger partial charge is 0.255 e. The number of nitrogens with zero attached hydrogens (tertiary/aromatic N) is 1. The van der Waals surface area contributed by atoms with Gasteiger partial charge >= 0.3 is 0 Å². The lowest BCUT2D eigenvalue weighted by Crippen LogP contribution is -2.24. The van der Waals surface area contributed by atoms with Gasteiger partial charge < -0.3 is 5.32 Å². The molecular formula is C21H19FN2O3S. The van der Waals surface area contributed by atoms with Crippen molar-refractivity contribution in [1.82, 2.24) is 4.31 Å². The van der Waals surface area contributed by atoms with Crippen LogP contribution in [0, 0.1) is 5.82 Å². The van der Waals surface area contributed by atoms with Crippen LogP contribution in [0.2, 0.25) is 0 Å². The Bertz CT molecular complexity index is 1110. The molecule has 7 heteroatoms. The third-order valence-corrected chi connectivity index (χ3v) is 6.04. The highest BCUT2D eigenvalue weighted by Gasteiger charge is 2.23. The van der Waals surface area contributed by atoms with Gasteiger partial charge in [-0.3, -0.25) is 4.79 Å². The van der Waals surface area contributed by atoms with Crippen LogP contribution in [0.5, 0.6) is 0 Å². The predicted octanol–water partition coefficient (Wildman–Crippen LogP) is 4.00. The molecule has 3 rings (SSSR count). The third-order valence-electron chi connectivity index (χ3n) is 4.21. The van der Waals surface area contributed by atoms with Crippen molar-refractivity contribution < 1.29 is 17.6 Å². The Morgan fingerprint density at radius 2 is 1.57 bits per heavy atom. The van der Waals surface area contributed by atoms with Gasteiger partial charge in [0.25, 0.3) is 5.91 Å². The summed E-state index contributed by atoms with van der Waals surface area (Å²) in [5, 5.41) is 2.78. The van der Waals surface area contributed by atoms with E-state index in [-0.39, 0.29) is 5.56 Å². The molecule has 5 nitrogen and oxygen atoms in total. The maximum atomic E-state index is 14.1. The van der Waals surface area contributed by atoms with Crippen LogP contribution in [0.1, 0.15) is 10.4 Å². The summed E-state index contributed by atoms with van der Waals surface area (Å²) in [7, 11) is -1.40.